The van der Waals surface area contributed by atoms with Gasteiger partial charge in [0.25, 0.3) is 0 Å². The molecule has 1 amide bonds. The van der Waals surface area contributed by atoms with Gasteiger partial charge in [-0.2, -0.15) is 0 Å². The molecular weight excluding hydrogens is 279 g/mol. The number of nitrogens with two attached hydrogens (primary N) is 1. The number of hydrogen-bond donors (Lipinski definition) is 2. The summed E-state index contributed by atoms with van der Waals surface area (Å²) in [5.41, 5.74) is 4.55. The van der Waals surface area contributed by atoms with Crippen LogP contribution >= 0.6 is 0 Å². The molecule has 0 aromatic carbocycles. The van der Waals surface area contributed by atoms with E-state index in [-0.39, 0.29) is 105 Å². The fraction of sp³-hybridized carbons (Fsp3) is 0. The fourth-order valence-electron chi connectivity index (χ4n) is 0.153. The van der Waals surface area contributed by atoms with Crippen molar-refractivity contribution < 1.29 is 81.5 Å². The number of carbonyl (C=O) groups is 2. The van der Waals surface area contributed by atoms with E-state index in [9.17, 15) is 9.59 Å². The maximum absolute atomic E-state index is 9.78. The molecule has 0 spiro atoms. The molecule has 0 fully saturated rings. The molecule has 0 heterocycles. The first-order valence-electron chi connectivity index (χ1n) is 1.83. The van der Waals surface area contributed by atoms with Crippen molar-refractivity contribution in [1.82, 2.24) is 0 Å². The Morgan fingerprint density at radius 3 is 1.46 bits per heavy atom. The van der Waals surface area contributed by atoms with Gasteiger partial charge in [0.15, 0.2) is 0 Å². The fourth-order valence-corrected chi connectivity index (χ4v) is 0.153. The van der Waals surface area contributed by atoms with Gasteiger partial charge in [0.05, 0.1) is 0 Å². The van der Waals surface area contributed by atoms with Crippen LogP contribution in [0.2, 0.25) is 0 Å². The van der Waals surface area contributed by atoms with Crippen LogP contribution in [0.1, 0.15) is 0 Å². The summed E-state index contributed by atoms with van der Waals surface area (Å²) >= 11 is 0. The summed E-state index contributed by atoms with van der Waals surface area (Å²) in [5.74, 6) is -1.93. The molecule has 0 rings (SSSR count). The van der Waals surface area contributed by atoms with Gasteiger partial charge in [-0.15, -0.1) is 0 Å². The van der Waals surface area contributed by atoms with E-state index in [4.69, 9.17) is 5.11 Å². The van der Waals surface area contributed by atoms with Gasteiger partial charge < -0.3 is 48.1 Å². The number of carboxylic acids is 1. The molecule has 4 nitrogen and oxygen atoms in total. The minimum atomic E-state index is -1.18. The molecule has 0 atom stereocenters. The maximum atomic E-state index is 9.78. The van der Waals surface area contributed by atoms with Crippen LogP contribution in [-0.4, -0.2) is 54.7 Å². The minimum absolute atomic E-state index is 0. The summed E-state index contributed by atoms with van der Waals surface area (Å²) in [6.45, 7) is 0. The number of primary amides is 1. The molecule has 0 unspecified atom stereocenters. The monoisotopic (exact) mass is 283 g/mol. The number of hydrogen-bond acceptors (Lipinski definition) is 2. The van der Waals surface area contributed by atoms with Gasteiger partial charge in [0, 0.05) is 12.2 Å². The maximum Gasteiger partial charge on any atom is 2.00 e. The molecule has 0 radical (unpaired) electrons. The predicted octanol–water partition coefficient (Wildman–Crippen LogP) is -13.3. The Bertz CT molecular complexity index is 142. The summed E-state index contributed by atoms with van der Waals surface area (Å²) in [5, 5.41) is 7.87. The molecule has 0 saturated heterocycles. The topological polar surface area (TPSA) is 80.4 Å². The quantitative estimate of drug-likeness (QED) is 0.390. The molecular formula is C4H5CaCl3NNaO3. The summed E-state index contributed by atoms with van der Waals surface area (Å²) in [7, 11) is 0. The van der Waals surface area contributed by atoms with Crippen LogP contribution in [0.25, 0.3) is 0 Å². The van der Waals surface area contributed by atoms with E-state index in [0.29, 0.717) is 6.08 Å². The standard InChI is InChI=1S/C4H5NO3.Ca.3ClH.Na/c5-3(6)1-2-4(7)8;;;;;/h1-2H,(H2,5,6)(H,7,8);;3*1H;/q;+2;;;;+1/p-3/b2-1-;;;;;. The van der Waals surface area contributed by atoms with E-state index in [0.717, 1.165) is 6.08 Å². The van der Waals surface area contributed by atoms with Crippen LogP contribution in [0.15, 0.2) is 12.2 Å². The van der Waals surface area contributed by atoms with Crippen LogP contribution in [0.3, 0.4) is 0 Å². The third-order valence-electron chi connectivity index (χ3n) is 0.390. The van der Waals surface area contributed by atoms with Gasteiger partial charge in [0.1, 0.15) is 0 Å². The second-order valence-corrected chi connectivity index (χ2v) is 1.07. The van der Waals surface area contributed by atoms with Gasteiger partial charge in [-0.3, -0.25) is 4.79 Å². The van der Waals surface area contributed by atoms with Crippen LogP contribution < -0.4 is 72.5 Å². The van der Waals surface area contributed by atoms with E-state index in [2.05, 4.69) is 5.73 Å². The third kappa shape index (κ3) is 41.5. The van der Waals surface area contributed by atoms with Gasteiger partial charge >= 0.3 is 73.3 Å². The van der Waals surface area contributed by atoms with E-state index < -0.39 is 11.9 Å². The van der Waals surface area contributed by atoms with Crippen molar-refractivity contribution in [1.29, 1.82) is 0 Å². The van der Waals surface area contributed by atoms with Crippen LogP contribution in [0, 0.1) is 0 Å². The van der Waals surface area contributed by atoms with Crippen molar-refractivity contribution in [3.8, 4) is 0 Å². The summed E-state index contributed by atoms with van der Waals surface area (Å²) in [4.78, 5) is 19.4. The molecule has 0 saturated carbocycles. The van der Waals surface area contributed by atoms with Crippen LogP contribution in [0.4, 0.5) is 0 Å². The molecule has 13 heavy (non-hydrogen) atoms. The molecule has 0 aliphatic rings. The molecule has 0 aliphatic carbocycles. The van der Waals surface area contributed by atoms with Crippen molar-refractivity contribution in [3.63, 3.8) is 0 Å². The van der Waals surface area contributed by atoms with Gasteiger partial charge in [-0.05, 0) is 0 Å². The largest absolute Gasteiger partial charge is 2.00 e. The Morgan fingerprint density at radius 1 is 1.08 bits per heavy atom. The first-order chi connectivity index (χ1) is 3.63. The van der Waals surface area contributed by atoms with Crippen molar-refractivity contribution in [2.75, 3.05) is 0 Å². The van der Waals surface area contributed by atoms with Crippen LogP contribution in [0.5, 0.6) is 0 Å². The van der Waals surface area contributed by atoms with Crippen molar-refractivity contribution in [2.45, 2.75) is 0 Å². The summed E-state index contributed by atoms with van der Waals surface area (Å²) in [6.07, 6.45) is 1.46. The number of aliphatic carboxylic acids is 1. The van der Waals surface area contributed by atoms with Gasteiger partial charge in [-0.25, -0.2) is 4.79 Å². The number of halogens is 3. The zero-order chi connectivity index (χ0) is 6.57. The number of amides is 1. The van der Waals surface area contributed by atoms with Gasteiger partial charge in [-0.1, -0.05) is 0 Å². The van der Waals surface area contributed by atoms with Crippen LogP contribution in [-0.2, 0) is 9.59 Å². The average Bonchev–Trinajstić information content (AvgIpc) is 1.61. The molecule has 9 heteroatoms. The van der Waals surface area contributed by atoms with E-state index >= 15 is 0 Å². The third-order valence-corrected chi connectivity index (χ3v) is 0.390. The Morgan fingerprint density at radius 2 is 1.38 bits per heavy atom. The zero-order valence-corrected chi connectivity index (χ0v) is 13.3. The van der Waals surface area contributed by atoms with Crippen molar-refractivity contribution in [2.24, 2.45) is 5.73 Å². The second-order valence-electron chi connectivity index (χ2n) is 1.07. The number of carboxylic acid groups (broad SMARTS) is 1. The number of carbonyl (C=O) groups excluding carboxylic acids is 1. The zero-order valence-electron chi connectivity index (χ0n) is 6.84. The Balaban J connectivity index is -0.0000000245. The first kappa shape index (κ1) is 36.4. The molecule has 0 aromatic rings. The summed E-state index contributed by atoms with van der Waals surface area (Å²) in [6, 6.07) is 0. The van der Waals surface area contributed by atoms with E-state index in [1.807, 2.05) is 0 Å². The first-order valence-corrected chi connectivity index (χ1v) is 1.83. The van der Waals surface area contributed by atoms with Gasteiger partial charge in [0.2, 0.25) is 5.91 Å². The Hall–Kier alpha value is 1.81. The normalized spacial score (nSPS) is 5.85. The van der Waals surface area contributed by atoms with Crippen molar-refractivity contribution >= 4 is 49.6 Å². The molecule has 68 valence electrons. The minimum Gasteiger partial charge on any atom is -1.00 e. The van der Waals surface area contributed by atoms with Crippen molar-refractivity contribution in [3.05, 3.63) is 12.2 Å². The second kappa shape index (κ2) is 23.5. The average molecular weight is 285 g/mol. The SMILES string of the molecule is NC(=O)/C=C\C(=O)O.[Ca+2].[Cl-].[Cl-].[Cl-].[Na+]. The molecule has 3 N–H and O–H groups in total. The molecule has 0 bridgehead atoms. The molecule has 0 aromatic heterocycles. The smallest absolute Gasteiger partial charge is 1.00 e. The van der Waals surface area contributed by atoms with E-state index in [1.54, 1.807) is 0 Å². The Kier molecular flexibility index (Phi) is 65.9. The summed E-state index contributed by atoms with van der Waals surface area (Å²) < 4.78 is 0. The Labute approximate surface area is 147 Å². The molecule has 0 aliphatic heterocycles. The number of rotatable bonds is 2. The van der Waals surface area contributed by atoms with E-state index in [1.165, 1.54) is 0 Å². The predicted molar refractivity (Wildman–Crippen MR) is 31.7 cm³/mol.